The van der Waals surface area contributed by atoms with Gasteiger partial charge in [0, 0.05) is 22.2 Å². The summed E-state index contributed by atoms with van der Waals surface area (Å²) in [5.41, 5.74) is 6.20. The van der Waals surface area contributed by atoms with Crippen LogP contribution in [0, 0.1) is 18.6 Å². The van der Waals surface area contributed by atoms with E-state index in [1.165, 1.54) is 34.4 Å². The van der Waals surface area contributed by atoms with E-state index in [0.717, 1.165) is 30.9 Å². The van der Waals surface area contributed by atoms with Crippen LogP contribution in [0.4, 0.5) is 8.78 Å². The van der Waals surface area contributed by atoms with E-state index in [9.17, 15) is 8.78 Å². The van der Waals surface area contributed by atoms with Gasteiger partial charge in [-0.2, -0.15) is 0 Å². The average molecular weight is 411 g/mol. The molecule has 0 N–H and O–H groups in total. The van der Waals surface area contributed by atoms with Crippen LogP contribution >= 0.6 is 11.6 Å². The van der Waals surface area contributed by atoms with Crippen molar-refractivity contribution in [3.05, 3.63) is 99.6 Å². The Morgan fingerprint density at radius 1 is 0.931 bits per heavy atom. The second kappa shape index (κ2) is 8.38. The lowest BCUT2D eigenvalue weighted by molar-refractivity contribution is 0.298. The quantitative estimate of drug-likeness (QED) is 0.420. The summed E-state index contributed by atoms with van der Waals surface area (Å²) in [4.78, 5) is 0. The summed E-state index contributed by atoms with van der Waals surface area (Å²) in [6.45, 7) is 2.11. The third-order valence-corrected chi connectivity index (χ3v) is 5.48. The highest BCUT2D eigenvalue weighted by Crippen LogP contribution is 2.43. The molecule has 0 bridgehead atoms. The van der Waals surface area contributed by atoms with E-state index in [-0.39, 0.29) is 6.61 Å². The fourth-order valence-corrected chi connectivity index (χ4v) is 4.02. The molecule has 1 nitrogen and oxygen atoms in total. The summed E-state index contributed by atoms with van der Waals surface area (Å²) in [5, 5.41) is 0.628. The molecule has 0 spiro atoms. The van der Waals surface area contributed by atoms with E-state index >= 15 is 0 Å². The van der Waals surface area contributed by atoms with E-state index in [0.29, 0.717) is 16.3 Å². The molecule has 1 aliphatic carbocycles. The number of benzene rings is 3. The standard InChI is InChI=1S/C25H21ClF2O/c1-16-4-2-5-17(12-16)21-6-3-7-22(21)23-13-19(26)9-11-25(23)29-15-18-8-10-20(27)14-24(18)28/h2,4-5,8-14H,3,6-7,15H2,1H3. The number of hydrogen-bond acceptors (Lipinski definition) is 1. The van der Waals surface area contributed by atoms with Crippen molar-refractivity contribution < 1.29 is 13.5 Å². The molecule has 0 saturated heterocycles. The molecule has 0 unspecified atom stereocenters. The van der Waals surface area contributed by atoms with Crippen molar-refractivity contribution in [3.8, 4) is 5.75 Å². The van der Waals surface area contributed by atoms with Gasteiger partial charge in [0.15, 0.2) is 0 Å². The van der Waals surface area contributed by atoms with Gasteiger partial charge in [-0.05, 0) is 73.2 Å². The highest BCUT2D eigenvalue weighted by atomic mass is 35.5. The van der Waals surface area contributed by atoms with Crippen LogP contribution in [-0.2, 0) is 6.61 Å². The molecule has 0 fully saturated rings. The maximum atomic E-state index is 14.0. The summed E-state index contributed by atoms with van der Waals surface area (Å²) in [7, 11) is 0. The number of allylic oxidation sites excluding steroid dienone is 2. The minimum Gasteiger partial charge on any atom is -0.488 e. The van der Waals surface area contributed by atoms with E-state index in [1.54, 1.807) is 6.07 Å². The first-order valence-electron chi connectivity index (χ1n) is 9.67. The van der Waals surface area contributed by atoms with Crippen molar-refractivity contribution >= 4 is 22.7 Å². The molecule has 4 rings (SSSR count). The van der Waals surface area contributed by atoms with Crippen molar-refractivity contribution in [3.63, 3.8) is 0 Å². The fourth-order valence-electron chi connectivity index (χ4n) is 3.85. The summed E-state index contributed by atoms with van der Waals surface area (Å²) in [6.07, 6.45) is 3.00. The number of halogens is 3. The number of ether oxygens (including phenoxy) is 1. The molecule has 0 amide bonds. The molecule has 0 saturated carbocycles. The molecule has 29 heavy (non-hydrogen) atoms. The van der Waals surface area contributed by atoms with E-state index in [2.05, 4.69) is 31.2 Å². The minimum atomic E-state index is -0.610. The van der Waals surface area contributed by atoms with Gasteiger partial charge in [0.05, 0.1) is 0 Å². The van der Waals surface area contributed by atoms with Crippen LogP contribution in [0.15, 0.2) is 60.7 Å². The highest BCUT2D eigenvalue weighted by molar-refractivity contribution is 6.30. The van der Waals surface area contributed by atoms with E-state index in [4.69, 9.17) is 16.3 Å². The molecule has 3 aromatic rings. The Hall–Kier alpha value is -2.65. The third kappa shape index (κ3) is 4.35. The Labute approximate surface area is 174 Å². The summed E-state index contributed by atoms with van der Waals surface area (Å²) >= 11 is 6.29. The van der Waals surface area contributed by atoms with Crippen LogP contribution in [0.3, 0.4) is 0 Å². The second-order valence-electron chi connectivity index (χ2n) is 7.35. The van der Waals surface area contributed by atoms with Crippen molar-refractivity contribution in [1.82, 2.24) is 0 Å². The molecule has 3 aromatic carbocycles. The molecule has 4 heteroatoms. The molecule has 1 aliphatic rings. The van der Waals surface area contributed by atoms with Crippen molar-refractivity contribution in [2.75, 3.05) is 0 Å². The first kappa shape index (κ1) is 19.7. The van der Waals surface area contributed by atoms with Gasteiger partial charge in [0.2, 0.25) is 0 Å². The van der Waals surface area contributed by atoms with Crippen molar-refractivity contribution in [2.45, 2.75) is 32.8 Å². The van der Waals surface area contributed by atoms with Crippen LogP contribution < -0.4 is 4.74 Å². The van der Waals surface area contributed by atoms with Crippen LogP contribution in [-0.4, -0.2) is 0 Å². The van der Waals surface area contributed by atoms with Crippen LogP contribution in [0.25, 0.3) is 11.1 Å². The van der Waals surface area contributed by atoms with Crippen molar-refractivity contribution in [2.24, 2.45) is 0 Å². The first-order chi connectivity index (χ1) is 14.0. The van der Waals surface area contributed by atoms with Gasteiger partial charge in [0.1, 0.15) is 24.0 Å². The van der Waals surface area contributed by atoms with Gasteiger partial charge in [-0.25, -0.2) is 8.78 Å². The van der Waals surface area contributed by atoms with E-state index in [1.807, 2.05) is 12.1 Å². The molecular formula is C25H21ClF2O. The predicted molar refractivity (Wildman–Crippen MR) is 114 cm³/mol. The number of rotatable bonds is 5. The minimum absolute atomic E-state index is 0.0216. The van der Waals surface area contributed by atoms with Crippen LogP contribution in [0.2, 0.25) is 5.02 Å². The molecule has 148 valence electrons. The first-order valence-corrected chi connectivity index (χ1v) is 10.0. The predicted octanol–water partition coefficient (Wildman–Crippen LogP) is 7.60. The van der Waals surface area contributed by atoms with Gasteiger partial charge in [-0.3, -0.25) is 0 Å². The molecule has 0 aliphatic heterocycles. The lowest BCUT2D eigenvalue weighted by atomic mass is 9.95. The molecule has 0 radical (unpaired) electrons. The zero-order valence-corrected chi connectivity index (χ0v) is 16.9. The van der Waals surface area contributed by atoms with Gasteiger partial charge >= 0.3 is 0 Å². The molecule has 0 atom stereocenters. The van der Waals surface area contributed by atoms with Gasteiger partial charge in [-0.15, -0.1) is 0 Å². The molecule has 0 aromatic heterocycles. The van der Waals surface area contributed by atoms with Crippen molar-refractivity contribution in [1.29, 1.82) is 0 Å². The maximum absolute atomic E-state index is 14.0. The highest BCUT2D eigenvalue weighted by Gasteiger charge is 2.21. The zero-order valence-electron chi connectivity index (χ0n) is 16.1. The Bertz CT molecular complexity index is 1090. The van der Waals surface area contributed by atoms with Gasteiger partial charge < -0.3 is 4.74 Å². The average Bonchev–Trinajstić information content (AvgIpc) is 3.18. The number of hydrogen-bond donors (Lipinski definition) is 0. The SMILES string of the molecule is Cc1cccc(C2=C(c3cc(Cl)ccc3OCc3ccc(F)cc3F)CCC2)c1. The summed E-state index contributed by atoms with van der Waals surface area (Å²) < 4.78 is 33.1. The Morgan fingerprint density at radius 2 is 1.76 bits per heavy atom. The Kier molecular flexibility index (Phi) is 5.68. The molecule has 0 heterocycles. The van der Waals surface area contributed by atoms with Crippen LogP contribution in [0.1, 0.15) is 41.5 Å². The van der Waals surface area contributed by atoms with Crippen LogP contribution in [0.5, 0.6) is 5.75 Å². The maximum Gasteiger partial charge on any atom is 0.132 e. The molecular weight excluding hydrogens is 390 g/mol. The normalized spacial score (nSPS) is 13.8. The Balaban J connectivity index is 1.70. The monoisotopic (exact) mass is 410 g/mol. The summed E-state index contributed by atoms with van der Waals surface area (Å²) in [6, 6.07) is 17.5. The van der Waals surface area contributed by atoms with Gasteiger partial charge in [0.25, 0.3) is 0 Å². The summed E-state index contributed by atoms with van der Waals surface area (Å²) in [5.74, 6) is -0.557. The third-order valence-electron chi connectivity index (χ3n) is 5.25. The zero-order chi connectivity index (χ0) is 20.4. The Morgan fingerprint density at radius 3 is 2.55 bits per heavy atom. The lowest BCUT2D eigenvalue weighted by Crippen LogP contribution is -2.01. The fraction of sp³-hybridized carbons (Fsp3) is 0.200. The largest absolute Gasteiger partial charge is 0.488 e. The van der Waals surface area contributed by atoms with E-state index < -0.39 is 11.6 Å². The number of aryl methyl sites for hydroxylation is 1. The second-order valence-corrected chi connectivity index (χ2v) is 7.78. The smallest absolute Gasteiger partial charge is 0.132 e. The van der Waals surface area contributed by atoms with Gasteiger partial charge in [-0.1, -0.05) is 41.4 Å². The topological polar surface area (TPSA) is 9.23 Å². The lowest BCUT2D eigenvalue weighted by Gasteiger charge is -2.15.